The van der Waals surface area contributed by atoms with E-state index in [9.17, 15) is 27.6 Å². The molecule has 8 nitrogen and oxygen atoms in total. The van der Waals surface area contributed by atoms with Crippen LogP contribution in [0.3, 0.4) is 0 Å². The first kappa shape index (κ1) is 21.2. The van der Waals surface area contributed by atoms with Crippen molar-refractivity contribution < 1.29 is 37.0 Å². The number of halogens is 3. The van der Waals surface area contributed by atoms with Crippen LogP contribution in [-0.4, -0.2) is 47.7 Å². The van der Waals surface area contributed by atoms with Gasteiger partial charge < -0.3 is 19.4 Å². The largest absolute Gasteiger partial charge is 0.469 e. The number of hydrogen-bond acceptors (Lipinski definition) is 6. The van der Waals surface area contributed by atoms with Crippen LogP contribution in [0.5, 0.6) is 0 Å². The molecule has 2 rings (SSSR count). The highest BCUT2D eigenvalue weighted by Crippen LogP contribution is 2.31. The number of aromatic nitrogens is 2. The maximum atomic E-state index is 13.3. The molecule has 1 amide bonds. The lowest BCUT2D eigenvalue weighted by Crippen LogP contribution is -2.43. The quantitative estimate of drug-likeness (QED) is 0.709. The van der Waals surface area contributed by atoms with Crippen molar-refractivity contribution in [3.05, 3.63) is 30.1 Å². The summed E-state index contributed by atoms with van der Waals surface area (Å²) in [4.78, 5) is 38.9. The Hall–Kier alpha value is -3.11. The molecule has 28 heavy (non-hydrogen) atoms. The Morgan fingerprint density at radius 2 is 1.86 bits per heavy atom. The lowest BCUT2D eigenvalue weighted by molar-refractivity contribution is -0.149. The van der Waals surface area contributed by atoms with Crippen molar-refractivity contribution in [1.82, 2.24) is 14.9 Å². The third-order valence-corrected chi connectivity index (χ3v) is 3.90. The van der Waals surface area contributed by atoms with E-state index in [4.69, 9.17) is 0 Å². The lowest BCUT2D eigenvalue weighted by atomic mass is 10.1. The van der Waals surface area contributed by atoms with E-state index < -0.39 is 42.4 Å². The van der Waals surface area contributed by atoms with Crippen LogP contribution in [0.1, 0.15) is 18.7 Å². The highest BCUT2D eigenvalue weighted by atomic mass is 19.4. The second kappa shape index (κ2) is 8.72. The normalized spacial score (nSPS) is 12.5. The predicted octanol–water partition coefficient (Wildman–Crippen LogP) is 1.67. The smallest absolute Gasteiger partial charge is 0.449 e. The fourth-order valence-electron chi connectivity index (χ4n) is 2.59. The minimum Gasteiger partial charge on any atom is -0.469 e. The zero-order valence-electron chi connectivity index (χ0n) is 15.1. The SMILES string of the molecule is COC(=O)CCC(NC(=O)Cn1c(C(F)(F)F)nc2ccccc21)C(=O)OC. The number of para-hydroxylation sites is 2. The number of amides is 1. The monoisotopic (exact) mass is 401 g/mol. The summed E-state index contributed by atoms with van der Waals surface area (Å²) in [5.74, 6) is -3.53. The van der Waals surface area contributed by atoms with Crippen LogP contribution >= 0.6 is 0 Å². The van der Waals surface area contributed by atoms with E-state index in [0.29, 0.717) is 0 Å². The molecule has 152 valence electrons. The van der Waals surface area contributed by atoms with Crippen molar-refractivity contribution in [3.63, 3.8) is 0 Å². The molecular formula is C17H18F3N3O5. The van der Waals surface area contributed by atoms with Gasteiger partial charge in [-0.15, -0.1) is 0 Å². The van der Waals surface area contributed by atoms with Crippen molar-refractivity contribution in [1.29, 1.82) is 0 Å². The summed E-state index contributed by atoms with van der Waals surface area (Å²) in [5.41, 5.74) is 0.201. The molecule has 1 heterocycles. The molecule has 0 saturated heterocycles. The van der Waals surface area contributed by atoms with Crippen molar-refractivity contribution in [3.8, 4) is 0 Å². The molecule has 0 bridgehead atoms. The van der Waals surface area contributed by atoms with Gasteiger partial charge in [0.1, 0.15) is 12.6 Å². The number of imidazole rings is 1. The van der Waals surface area contributed by atoms with Gasteiger partial charge in [0.15, 0.2) is 0 Å². The van der Waals surface area contributed by atoms with Crippen LogP contribution in [-0.2, 0) is 36.6 Å². The average Bonchev–Trinajstić information content (AvgIpc) is 3.03. The molecule has 0 aliphatic rings. The molecule has 0 saturated carbocycles. The summed E-state index contributed by atoms with van der Waals surface area (Å²) in [6.07, 6.45) is -5.08. The number of ether oxygens (including phenoxy) is 2. The lowest BCUT2D eigenvalue weighted by Gasteiger charge is -2.17. The van der Waals surface area contributed by atoms with Crippen LogP contribution < -0.4 is 5.32 Å². The van der Waals surface area contributed by atoms with Crippen molar-refractivity contribution in [2.24, 2.45) is 0 Å². The Kier molecular flexibility index (Phi) is 6.60. The zero-order chi connectivity index (χ0) is 20.9. The topological polar surface area (TPSA) is 99.5 Å². The van der Waals surface area contributed by atoms with Crippen LogP contribution in [0, 0.1) is 0 Å². The minimum atomic E-state index is -4.77. The summed E-state index contributed by atoms with van der Waals surface area (Å²) in [7, 11) is 2.25. The molecule has 2 aromatic rings. The molecule has 1 unspecified atom stereocenters. The molecule has 1 N–H and O–H groups in total. The molecule has 0 spiro atoms. The van der Waals surface area contributed by atoms with Gasteiger partial charge >= 0.3 is 18.1 Å². The average molecular weight is 401 g/mol. The molecule has 1 aromatic carbocycles. The van der Waals surface area contributed by atoms with E-state index in [1.54, 1.807) is 0 Å². The van der Waals surface area contributed by atoms with Crippen LogP contribution in [0.4, 0.5) is 13.2 Å². The van der Waals surface area contributed by atoms with Crippen LogP contribution in [0.15, 0.2) is 24.3 Å². The Morgan fingerprint density at radius 3 is 2.46 bits per heavy atom. The Morgan fingerprint density at radius 1 is 1.18 bits per heavy atom. The van der Waals surface area contributed by atoms with E-state index >= 15 is 0 Å². The van der Waals surface area contributed by atoms with Crippen molar-refractivity contribution in [2.75, 3.05) is 14.2 Å². The van der Waals surface area contributed by atoms with Gasteiger partial charge in [-0.2, -0.15) is 13.2 Å². The number of fused-ring (bicyclic) bond motifs is 1. The van der Waals surface area contributed by atoms with Gasteiger partial charge in [0.25, 0.3) is 0 Å². The Bertz CT molecular complexity index is 879. The number of hydrogen-bond donors (Lipinski definition) is 1. The molecule has 11 heteroatoms. The van der Waals surface area contributed by atoms with E-state index in [1.807, 2.05) is 0 Å². The number of esters is 2. The van der Waals surface area contributed by atoms with Gasteiger partial charge in [0, 0.05) is 6.42 Å². The molecule has 0 fully saturated rings. The van der Waals surface area contributed by atoms with Crippen molar-refractivity contribution in [2.45, 2.75) is 31.6 Å². The van der Waals surface area contributed by atoms with Gasteiger partial charge in [0.2, 0.25) is 11.7 Å². The van der Waals surface area contributed by atoms with Gasteiger partial charge in [-0.05, 0) is 18.6 Å². The maximum Gasteiger partial charge on any atom is 0.449 e. The van der Waals surface area contributed by atoms with Gasteiger partial charge in [-0.25, -0.2) is 9.78 Å². The number of rotatable bonds is 7. The van der Waals surface area contributed by atoms with Crippen molar-refractivity contribution >= 4 is 28.9 Å². The van der Waals surface area contributed by atoms with E-state index in [0.717, 1.165) is 18.8 Å². The van der Waals surface area contributed by atoms with E-state index in [1.165, 1.54) is 24.3 Å². The second-order valence-corrected chi connectivity index (χ2v) is 5.77. The number of methoxy groups -OCH3 is 2. The van der Waals surface area contributed by atoms with Crippen LogP contribution in [0.2, 0.25) is 0 Å². The molecule has 0 aliphatic heterocycles. The van der Waals surface area contributed by atoms with Gasteiger partial charge in [-0.1, -0.05) is 12.1 Å². The molecule has 0 aliphatic carbocycles. The number of carbonyl (C=O) groups excluding carboxylic acids is 3. The van der Waals surface area contributed by atoms with E-state index in [2.05, 4.69) is 19.8 Å². The first-order valence-electron chi connectivity index (χ1n) is 8.13. The number of nitrogens with zero attached hydrogens (tertiary/aromatic N) is 2. The van der Waals surface area contributed by atoms with Crippen LogP contribution in [0.25, 0.3) is 11.0 Å². The molecule has 0 radical (unpaired) electrons. The van der Waals surface area contributed by atoms with E-state index in [-0.39, 0.29) is 23.9 Å². The molecular weight excluding hydrogens is 383 g/mol. The Labute approximate surface area is 157 Å². The highest BCUT2D eigenvalue weighted by molar-refractivity contribution is 5.86. The summed E-state index contributed by atoms with van der Waals surface area (Å²) in [6.45, 7) is -0.721. The summed E-state index contributed by atoms with van der Waals surface area (Å²) >= 11 is 0. The number of carbonyl (C=O) groups is 3. The number of alkyl halides is 3. The maximum absolute atomic E-state index is 13.3. The highest BCUT2D eigenvalue weighted by Gasteiger charge is 2.38. The predicted molar refractivity (Wildman–Crippen MR) is 89.9 cm³/mol. The molecule has 1 atom stereocenters. The third-order valence-electron chi connectivity index (χ3n) is 3.90. The molecule has 1 aromatic heterocycles. The van der Waals surface area contributed by atoms with Gasteiger partial charge in [-0.3, -0.25) is 9.59 Å². The Balaban J connectivity index is 2.23. The zero-order valence-corrected chi connectivity index (χ0v) is 15.1. The number of nitrogens with one attached hydrogen (secondary N) is 1. The fourth-order valence-corrected chi connectivity index (χ4v) is 2.59. The first-order valence-corrected chi connectivity index (χ1v) is 8.13. The fraction of sp³-hybridized carbons (Fsp3) is 0.412. The summed E-state index contributed by atoms with van der Waals surface area (Å²) < 4.78 is 49.6. The summed E-state index contributed by atoms with van der Waals surface area (Å²) in [5, 5.41) is 2.29. The first-order chi connectivity index (χ1) is 13.2. The summed E-state index contributed by atoms with van der Waals surface area (Å²) in [6, 6.07) is 4.64. The second-order valence-electron chi connectivity index (χ2n) is 5.77. The number of benzene rings is 1. The van der Waals surface area contributed by atoms with Gasteiger partial charge in [0.05, 0.1) is 25.3 Å². The third kappa shape index (κ3) is 4.99. The minimum absolute atomic E-state index is 0.0813. The standard InChI is InChI=1S/C17H18F3N3O5/c1-27-14(25)8-7-11(15(26)28-2)21-13(24)9-23-12-6-4-3-5-10(12)22-16(23)17(18,19)20/h3-6,11H,7-9H2,1-2H3,(H,21,24).